The molecule has 1 aliphatic heterocycles. The third-order valence-corrected chi connectivity index (χ3v) is 13.4. The number of aryl methyl sites for hydroxylation is 1. The van der Waals surface area contributed by atoms with Gasteiger partial charge in [0.15, 0.2) is 0 Å². The fourth-order valence-corrected chi connectivity index (χ4v) is 10.2. The van der Waals surface area contributed by atoms with Gasteiger partial charge in [0, 0.05) is 63.3 Å². The minimum Gasteiger partial charge on any atom is -0.399 e. The van der Waals surface area contributed by atoms with Crippen molar-refractivity contribution in [2.45, 2.75) is 44.6 Å². The van der Waals surface area contributed by atoms with Gasteiger partial charge in [-0.1, -0.05) is 49.4 Å². The van der Waals surface area contributed by atoms with E-state index >= 15 is 0 Å². The Morgan fingerprint density at radius 1 is 0.738 bits per heavy atom. The molecule has 12 nitrogen and oxygen atoms in total. The molecule has 0 radical (unpaired) electrons. The first kappa shape index (κ1) is 41.8. The molecule has 1 aliphatic rings. The van der Waals surface area contributed by atoms with Gasteiger partial charge in [-0.2, -0.15) is 0 Å². The van der Waals surface area contributed by atoms with E-state index in [0.717, 1.165) is 86.9 Å². The van der Waals surface area contributed by atoms with Gasteiger partial charge in [0.1, 0.15) is 0 Å². The molecule has 4 aromatic carbocycles. The standard InChI is InChI=1S/C26H29N5O3S2.C20H18N4S/c1-26(2,3)30-36(32,33)21-6-4-5-18(15-21)22-17-35-23-16-27-25(29-24(22)23)28-19-7-9-20(10-8-19)31-11-13-34-14-12-31;1-2-13-6-3-4-9-16(13)17-12-25-18-11-22-20(24-19(17)18)23-15-8-5-7-14(21)10-15/h4-10,15-17,30H,11-14H2,1-3H3,(H,27,28,29);3-12H,2,21H2,1H3,(H,22,23,24). The molecule has 5 heterocycles. The zero-order valence-electron chi connectivity index (χ0n) is 34.3. The summed E-state index contributed by atoms with van der Waals surface area (Å²) in [5.74, 6) is 1.06. The minimum atomic E-state index is -3.65. The number of fused-ring (bicyclic) bond motifs is 2. The molecule has 4 aromatic heterocycles. The maximum atomic E-state index is 12.9. The van der Waals surface area contributed by atoms with Crippen LogP contribution in [-0.4, -0.2) is 60.2 Å². The van der Waals surface area contributed by atoms with Gasteiger partial charge in [0.25, 0.3) is 0 Å². The van der Waals surface area contributed by atoms with Crippen LogP contribution in [0.1, 0.15) is 33.3 Å². The predicted octanol–water partition coefficient (Wildman–Crippen LogP) is 10.3. The Morgan fingerprint density at radius 3 is 2.05 bits per heavy atom. The van der Waals surface area contributed by atoms with Gasteiger partial charge in [-0.25, -0.2) is 33.1 Å². The summed E-state index contributed by atoms with van der Waals surface area (Å²) in [5.41, 5.74) is 16.1. The number of aromatic nitrogens is 4. The fraction of sp³-hybridized carbons (Fsp3) is 0.217. The molecule has 15 heteroatoms. The highest BCUT2D eigenvalue weighted by Crippen LogP contribution is 2.36. The Kier molecular flexibility index (Phi) is 12.3. The quantitative estimate of drug-likeness (QED) is 0.0969. The second kappa shape index (κ2) is 17.9. The van der Waals surface area contributed by atoms with E-state index in [1.54, 1.807) is 35.7 Å². The molecular formula is C46H47N9O3S3. The van der Waals surface area contributed by atoms with E-state index in [2.05, 4.69) is 78.9 Å². The lowest BCUT2D eigenvalue weighted by atomic mass is 10.00. The number of nitrogen functional groups attached to an aromatic ring is 1. The van der Waals surface area contributed by atoms with Gasteiger partial charge >= 0.3 is 0 Å². The van der Waals surface area contributed by atoms with Crippen molar-refractivity contribution in [1.82, 2.24) is 24.7 Å². The molecule has 8 aromatic rings. The van der Waals surface area contributed by atoms with Crippen LogP contribution in [0, 0.1) is 0 Å². The summed E-state index contributed by atoms with van der Waals surface area (Å²) < 4.78 is 35.9. The van der Waals surface area contributed by atoms with Gasteiger partial charge in [0.05, 0.1) is 50.9 Å². The molecular weight excluding hydrogens is 823 g/mol. The Hall–Kier alpha value is -5.97. The molecule has 0 aliphatic carbocycles. The highest BCUT2D eigenvalue weighted by Gasteiger charge is 2.23. The monoisotopic (exact) mass is 869 g/mol. The first-order chi connectivity index (χ1) is 29.4. The van der Waals surface area contributed by atoms with Crippen LogP contribution in [0.5, 0.6) is 0 Å². The number of anilines is 6. The Morgan fingerprint density at radius 2 is 1.38 bits per heavy atom. The van der Waals surface area contributed by atoms with Gasteiger partial charge in [-0.15, -0.1) is 22.7 Å². The summed E-state index contributed by atoms with van der Waals surface area (Å²) in [4.78, 5) is 21.0. The molecule has 5 N–H and O–H groups in total. The number of benzene rings is 4. The second-order valence-corrected chi connectivity index (χ2v) is 19.0. The molecule has 0 spiro atoms. The van der Waals surface area contributed by atoms with Gasteiger partial charge < -0.3 is 26.0 Å². The van der Waals surface area contributed by atoms with E-state index in [1.165, 1.54) is 22.5 Å². The Balaban J connectivity index is 0.000000180. The molecule has 312 valence electrons. The molecule has 0 unspecified atom stereocenters. The highest BCUT2D eigenvalue weighted by atomic mass is 32.2. The second-order valence-electron chi connectivity index (χ2n) is 15.5. The first-order valence-corrected chi connectivity index (χ1v) is 23.2. The lowest BCUT2D eigenvalue weighted by Gasteiger charge is -2.28. The van der Waals surface area contributed by atoms with Crippen LogP contribution < -0.4 is 26.0 Å². The summed E-state index contributed by atoms with van der Waals surface area (Å²) in [6.45, 7) is 10.9. The molecule has 0 saturated carbocycles. The number of ether oxygens (including phenoxy) is 1. The number of thiophene rings is 2. The maximum absolute atomic E-state index is 12.9. The van der Waals surface area contributed by atoms with Crippen molar-refractivity contribution >= 4 is 87.8 Å². The number of nitrogens with zero attached hydrogens (tertiary/aromatic N) is 5. The van der Waals surface area contributed by atoms with Crippen molar-refractivity contribution < 1.29 is 13.2 Å². The predicted molar refractivity (Wildman–Crippen MR) is 252 cm³/mol. The fourth-order valence-electron chi connectivity index (χ4n) is 7.01. The highest BCUT2D eigenvalue weighted by molar-refractivity contribution is 7.89. The number of nitrogens with two attached hydrogens (primary N) is 1. The van der Waals surface area contributed by atoms with Crippen molar-refractivity contribution in [3.8, 4) is 22.3 Å². The molecule has 1 fully saturated rings. The van der Waals surface area contributed by atoms with Gasteiger partial charge in [-0.3, -0.25) is 0 Å². The molecule has 0 amide bonds. The molecule has 1 saturated heterocycles. The van der Waals surface area contributed by atoms with Crippen molar-refractivity contribution in [2.75, 3.05) is 47.6 Å². The summed E-state index contributed by atoms with van der Waals surface area (Å²) in [5, 5.41) is 10.7. The maximum Gasteiger partial charge on any atom is 0.241 e. The molecule has 61 heavy (non-hydrogen) atoms. The van der Waals surface area contributed by atoms with E-state index in [-0.39, 0.29) is 4.90 Å². The lowest BCUT2D eigenvalue weighted by molar-refractivity contribution is 0.122. The zero-order chi connectivity index (χ0) is 42.6. The molecule has 9 rings (SSSR count). The normalized spacial score (nSPS) is 13.2. The van der Waals surface area contributed by atoms with Crippen LogP contribution >= 0.6 is 22.7 Å². The summed E-state index contributed by atoms with van der Waals surface area (Å²) in [6, 6.07) is 31.2. The minimum absolute atomic E-state index is 0.224. The number of morpholine rings is 1. The van der Waals surface area contributed by atoms with Crippen LogP contribution in [-0.2, 0) is 21.2 Å². The summed E-state index contributed by atoms with van der Waals surface area (Å²) in [6.07, 6.45) is 4.66. The third-order valence-electron chi connectivity index (χ3n) is 9.85. The summed E-state index contributed by atoms with van der Waals surface area (Å²) >= 11 is 3.20. The number of rotatable bonds is 10. The van der Waals surface area contributed by atoms with Crippen LogP contribution in [0.3, 0.4) is 0 Å². The zero-order valence-corrected chi connectivity index (χ0v) is 36.8. The van der Waals surface area contributed by atoms with E-state index < -0.39 is 15.6 Å². The number of hydrogen-bond acceptors (Lipinski definition) is 13. The number of sulfonamides is 1. The molecule has 0 atom stereocenters. The smallest absolute Gasteiger partial charge is 0.241 e. The van der Waals surface area contributed by atoms with Crippen LogP contribution in [0.4, 0.5) is 34.6 Å². The van der Waals surface area contributed by atoms with Crippen LogP contribution in [0.15, 0.2) is 125 Å². The first-order valence-electron chi connectivity index (χ1n) is 20.0. The average Bonchev–Trinajstić information content (AvgIpc) is 3.88. The number of nitrogens with one attached hydrogen (secondary N) is 3. The van der Waals surface area contributed by atoms with E-state index in [1.807, 2.05) is 74.8 Å². The van der Waals surface area contributed by atoms with Crippen molar-refractivity contribution in [1.29, 1.82) is 0 Å². The summed E-state index contributed by atoms with van der Waals surface area (Å²) in [7, 11) is -3.65. The van der Waals surface area contributed by atoms with Crippen LogP contribution in [0.25, 0.3) is 42.7 Å². The largest absolute Gasteiger partial charge is 0.399 e. The van der Waals surface area contributed by atoms with Crippen molar-refractivity contribution in [2.24, 2.45) is 0 Å². The van der Waals surface area contributed by atoms with Gasteiger partial charge in [0.2, 0.25) is 21.9 Å². The SMILES string of the molecule is CC(C)(C)NS(=O)(=O)c1cccc(-c2csc3cnc(Nc4ccc(N5CCOCC5)cc4)nc23)c1.CCc1ccccc1-c1csc2cnc(Nc3cccc(N)c3)nc12. The lowest BCUT2D eigenvalue weighted by Crippen LogP contribution is -2.40. The van der Waals surface area contributed by atoms with Crippen molar-refractivity contribution in [3.05, 3.63) is 126 Å². The van der Waals surface area contributed by atoms with Gasteiger partial charge in [-0.05, 0) is 98.5 Å². The number of hydrogen-bond donors (Lipinski definition) is 4. The van der Waals surface area contributed by atoms with Crippen molar-refractivity contribution in [3.63, 3.8) is 0 Å². The van der Waals surface area contributed by atoms with E-state index in [0.29, 0.717) is 17.6 Å². The topological polar surface area (TPSA) is 160 Å². The third kappa shape index (κ3) is 9.99. The average molecular weight is 870 g/mol. The van der Waals surface area contributed by atoms with E-state index in [9.17, 15) is 8.42 Å². The van der Waals surface area contributed by atoms with Crippen LogP contribution in [0.2, 0.25) is 0 Å². The Labute approximate surface area is 364 Å². The Bertz CT molecular complexity index is 2900. The molecule has 0 bridgehead atoms. The van der Waals surface area contributed by atoms with E-state index in [4.69, 9.17) is 20.4 Å².